The summed E-state index contributed by atoms with van der Waals surface area (Å²) in [7, 11) is 0. The molecule has 0 unspecified atom stereocenters. The Morgan fingerprint density at radius 3 is 2.67 bits per heavy atom. The molecule has 1 aromatic rings. The molecule has 0 radical (unpaired) electrons. The fraction of sp³-hybridized carbons (Fsp3) is 0.600. The number of hydrogen-bond acceptors (Lipinski definition) is 5. The van der Waals surface area contributed by atoms with E-state index in [1.165, 1.54) is 0 Å². The van der Waals surface area contributed by atoms with E-state index < -0.39 is 0 Å². The van der Waals surface area contributed by atoms with Crippen molar-refractivity contribution >= 4 is 29.7 Å². The minimum atomic E-state index is -0.359. The average molecular weight is 295 g/mol. The van der Waals surface area contributed by atoms with Gasteiger partial charge in [-0.15, -0.1) is 12.4 Å². The quantitative estimate of drug-likeness (QED) is 0.818. The Hall–Kier alpha value is -0.820. The predicted octanol–water partition coefficient (Wildman–Crippen LogP) is -0.0406. The number of nitrogens with zero attached hydrogens (tertiary/aromatic N) is 3. The number of aromatic nitrogens is 2. The third kappa shape index (κ3) is 3.35. The Morgan fingerprint density at radius 2 is 2.06 bits per heavy atom. The first-order chi connectivity index (χ1) is 8.22. The Kier molecular flexibility index (Phi) is 5.87. The fourth-order valence-electron chi connectivity index (χ4n) is 1.95. The lowest BCUT2D eigenvalue weighted by Gasteiger charge is -2.35. The van der Waals surface area contributed by atoms with Gasteiger partial charge in [-0.25, -0.2) is 5.10 Å². The van der Waals surface area contributed by atoms with Crippen molar-refractivity contribution in [2.75, 3.05) is 44.2 Å². The number of halogens is 2. The van der Waals surface area contributed by atoms with Crippen LogP contribution in [0.25, 0.3) is 0 Å². The number of hydrogen-bond donors (Lipinski definition) is 2. The van der Waals surface area contributed by atoms with Crippen LogP contribution in [0.1, 0.15) is 0 Å². The Bertz CT molecular complexity index is 432. The SMILES string of the molecule is Cl.O=c1[nH]ncc(N2CCN(CCO)CC2)c1Cl. The van der Waals surface area contributed by atoms with Gasteiger partial charge in [-0.05, 0) is 0 Å². The zero-order valence-corrected chi connectivity index (χ0v) is 11.4. The van der Waals surface area contributed by atoms with E-state index in [1.807, 2.05) is 4.90 Å². The van der Waals surface area contributed by atoms with Gasteiger partial charge in [0.25, 0.3) is 5.56 Å². The lowest BCUT2D eigenvalue weighted by atomic mass is 10.3. The van der Waals surface area contributed by atoms with Crippen LogP contribution in [-0.2, 0) is 0 Å². The molecule has 1 aromatic heterocycles. The molecule has 1 aliphatic rings. The molecule has 1 fully saturated rings. The van der Waals surface area contributed by atoms with Gasteiger partial charge in [-0.3, -0.25) is 9.69 Å². The smallest absolute Gasteiger partial charge is 0.285 e. The second kappa shape index (κ2) is 6.94. The van der Waals surface area contributed by atoms with Crippen molar-refractivity contribution in [2.24, 2.45) is 0 Å². The van der Waals surface area contributed by atoms with Crippen LogP contribution >= 0.6 is 24.0 Å². The largest absolute Gasteiger partial charge is 0.395 e. The van der Waals surface area contributed by atoms with Crippen molar-refractivity contribution in [3.63, 3.8) is 0 Å². The molecule has 2 N–H and O–H groups in total. The van der Waals surface area contributed by atoms with Crippen LogP contribution in [-0.4, -0.2) is 59.5 Å². The average Bonchev–Trinajstić information content (AvgIpc) is 2.34. The maximum atomic E-state index is 11.3. The van der Waals surface area contributed by atoms with Crippen molar-refractivity contribution in [1.29, 1.82) is 0 Å². The van der Waals surface area contributed by atoms with Crippen LogP contribution < -0.4 is 10.5 Å². The van der Waals surface area contributed by atoms with Gasteiger partial charge in [0, 0.05) is 32.7 Å². The molecule has 8 heteroatoms. The normalized spacial score (nSPS) is 16.4. The second-order valence-corrected chi connectivity index (χ2v) is 4.33. The molecule has 1 aliphatic heterocycles. The van der Waals surface area contributed by atoms with Crippen LogP contribution in [0.15, 0.2) is 11.0 Å². The number of piperazine rings is 1. The first-order valence-corrected chi connectivity index (χ1v) is 5.91. The van der Waals surface area contributed by atoms with Gasteiger partial charge in [0.15, 0.2) is 0 Å². The summed E-state index contributed by atoms with van der Waals surface area (Å²) < 4.78 is 0. The summed E-state index contributed by atoms with van der Waals surface area (Å²) in [6, 6.07) is 0. The number of H-pyrrole nitrogens is 1. The highest BCUT2D eigenvalue weighted by Gasteiger charge is 2.19. The summed E-state index contributed by atoms with van der Waals surface area (Å²) in [5, 5.41) is 15.1. The summed E-state index contributed by atoms with van der Waals surface area (Å²) in [6.45, 7) is 4.13. The van der Waals surface area contributed by atoms with Gasteiger partial charge in [-0.1, -0.05) is 11.6 Å². The summed E-state index contributed by atoms with van der Waals surface area (Å²) in [5.41, 5.74) is 0.320. The van der Waals surface area contributed by atoms with E-state index in [4.69, 9.17) is 16.7 Å². The van der Waals surface area contributed by atoms with Gasteiger partial charge in [0.1, 0.15) is 5.02 Å². The number of nitrogens with one attached hydrogen (secondary N) is 1. The van der Waals surface area contributed by atoms with Crippen molar-refractivity contribution in [3.8, 4) is 0 Å². The van der Waals surface area contributed by atoms with Crippen LogP contribution in [0.5, 0.6) is 0 Å². The van der Waals surface area contributed by atoms with E-state index in [0.717, 1.165) is 26.2 Å². The number of aliphatic hydroxyl groups is 1. The highest BCUT2D eigenvalue weighted by molar-refractivity contribution is 6.32. The van der Waals surface area contributed by atoms with E-state index in [9.17, 15) is 4.79 Å². The molecular weight excluding hydrogens is 279 g/mol. The summed E-state index contributed by atoms with van der Waals surface area (Å²) in [6.07, 6.45) is 1.57. The molecule has 0 amide bonds. The Balaban J connectivity index is 0.00000162. The first-order valence-electron chi connectivity index (χ1n) is 5.53. The number of rotatable bonds is 3. The van der Waals surface area contributed by atoms with Gasteiger partial charge >= 0.3 is 0 Å². The van der Waals surface area contributed by atoms with Crippen molar-refractivity contribution in [1.82, 2.24) is 15.1 Å². The molecule has 0 bridgehead atoms. The fourth-order valence-corrected chi connectivity index (χ4v) is 2.16. The Labute approximate surface area is 116 Å². The van der Waals surface area contributed by atoms with Crippen LogP contribution in [0, 0.1) is 0 Å². The maximum absolute atomic E-state index is 11.3. The first kappa shape index (κ1) is 15.2. The molecule has 0 aromatic carbocycles. The van der Waals surface area contributed by atoms with Crippen LogP contribution in [0.3, 0.4) is 0 Å². The minimum absolute atomic E-state index is 0. The van der Waals surface area contributed by atoms with Crippen LogP contribution in [0.4, 0.5) is 5.69 Å². The molecule has 0 spiro atoms. The molecule has 0 atom stereocenters. The van der Waals surface area contributed by atoms with E-state index in [2.05, 4.69) is 15.1 Å². The van der Waals surface area contributed by atoms with Gasteiger partial charge in [-0.2, -0.15) is 5.10 Å². The molecule has 0 aliphatic carbocycles. The molecule has 2 heterocycles. The zero-order chi connectivity index (χ0) is 12.3. The predicted molar refractivity (Wildman–Crippen MR) is 72.9 cm³/mol. The number of anilines is 1. The van der Waals surface area contributed by atoms with Crippen LogP contribution in [0.2, 0.25) is 5.02 Å². The van der Waals surface area contributed by atoms with E-state index in [1.54, 1.807) is 6.20 Å². The number of β-amino-alcohol motifs (C(OH)–C–C–N with tert-alkyl or cyclic N) is 1. The lowest BCUT2D eigenvalue weighted by Crippen LogP contribution is -2.47. The third-order valence-corrected chi connectivity index (χ3v) is 3.27. The topological polar surface area (TPSA) is 72.5 Å². The minimum Gasteiger partial charge on any atom is -0.395 e. The summed E-state index contributed by atoms with van der Waals surface area (Å²) >= 11 is 5.95. The highest BCUT2D eigenvalue weighted by atomic mass is 35.5. The molecule has 6 nitrogen and oxygen atoms in total. The standard InChI is InChI=1S/C10H15ClN4O2.ClH/c11-9-8(7-12-13-10(9)17)15-3-1-14(2-4-15)5-6-16;/h7,16H,1-6H2,(H,13,17);1H. The molecule has 102 valence electrons. The summed E-state index contributed by atoms with van der Waals surface area (Å²) in [5.74, 6) is 0. The van der Waals surface area contributed by atoms with Gasteiger partial charge < -0.3 is 10.0 Å². The van der Waals surface area contributed by atoms with E-state index in [-0.39, 0.29) is 29.6 Å². The summed E-state index contributed by atoms with van der Waals surface area (Å²) in [4.78, 5) is 15.5. The van der Waals surface area contributed by atoms with Crippen molar-refractivity contribution in [2.45, 2.75) is 0 Å². The number of aromatic amines is 1. The third-order valence-electron chi connectivity index (χ3n) is 2.91. The lowest BCUT2D eigenvalue weighted by molar-refractivity contribution is 0.189. The van der Waals surface area contributed by atoms with E-state index in [0.29, 0.717) is 12.2 Å². The second-order valence-electron chi connectivity index (χ2n) is 3.95. The van der Waals surface area contributed by atoms with Crippen molar-refractivity contribution in [3.05, 3.63) is 21.6 Å². The van der Waals surface area contributed by atoms with Gasteiger partial charge in [0.2, 0.25) is 0 Å². The van der Waals surface area contributed by atoms with E-state index >= 15 is 0 Å². The molecule has 1 saturated heterocycles. The maximum Gasteiger partial charge on any atom is 0.285 e. The van der Waals surface area contributed by atoms with Crippen molar-refractivity contribution < 1.29 is 5.11 Å². The monoisotopic (exact) mass is 294 g/mol. The molecule has 18 heavy (non-hydrogen) atoms. The van der Waals surface area contributed by atoms with Gasteiger partial charge in [0.05, 0.1) is 18.5 Å². The molecule has 2 rings (SSSR count). The zero-order valence-electron chi connectivity index (χ0n) is 9.80. The Morgan fingerprint density at radius 1 is 1.39 bits per heavy atom. The molecular formula is C10H16Cl2N4O2. The highest BCUT2D eigenvalue weighted by Crippen LogP contribution is 2.21. The molecule has 0 saturated carbocycles. The number of aliphatic hydroxyl groups excluding tert-OH is 1.